The van der Waals surface area contributed by atoms with Crippen molar-refractivity contribution in [1.82, 2.24) is 4.90 Å². The Morgan fingerprint density at radius 1 is 1.29 bits per heavy atom. The van der Waals surface area contributed by atoms with Crippen LogP contribution < -0.4 is 0 Å². The van der Waals surface area contributed by atoms with Gasteiger partial charge in [0, 0.05) is 18.1 Å². The van der Waals surface area contributed by atoms with Gasteiger partial charge in [-0.3, -0.25) is 0 Å². The zero-order valence-corrected chi connectivity index (χ0v) is 14.2. The van der Waals surface area contributed by atoms with Crippen molar-refractivity contribution in [2.24, 2.45) is 17.8 Å². The number of nitrogens with zero attached hydrogens (tertiary/aromatic N) is 1. The molecule has 0 aliphatic heterocycles. The fourth-order valence-electron chi connectivity index (χ4n) is 3.47. The predicted octanol–water partition coefficient (Wildman–Crippen LogP) is 4.21. The Bertz CT molecular complexity index is 449. The lowest BCUT2D eigenvalue weighted by molar-refractivity contribution is 0.0214. The van der Waals surface area contributed by atoms with Gasteiger partial charge in [0.1, 0.15) is 0 Å². The molecule has 1 aliphatic carbocycles. The van der Waals surface area contributed by atoms with E-state index in [1.54, 1.807) is 0 Å². The normalized spacial score (nSPS) is 26.5. The van der Waals surface area contributed by atoms with Gasteiger partial charge in [-0.15, -0.1) is 0 Å². The van der Waals surface area contributed by atoms with E-state index in [2.05, 4.69) is 31.9 Å². The van der Waals surface area contributed by atoms with Gasteiger partial charge in [0.2, 0.25) is 0 Å². The lowest BCUT2D eigenvalue weighted by Crippen LogP contribution is -2.38. The van der Waals surface area contributed by atoms with Crippen LogP contribution >= 0.6 is 11.6 Å². The molecule has 2 nitrogen and oxygen atoms in total. The van der Waals surface area contributed by atoms with E-state index in [-0.39, 0.29) is 6.10 Å². The molecule has 2 rings (SSSR count). The molecule has 0 spiro atoms. The van der Waals surface area contributed by atoms with Crippen molar-refractivity contribution in [2.75, 3.05) is 13.6 Å². The van der Waals surface area contributed by atoms with Gasteiger partial charge < -0.3 is 10.0 Å². The first-order valence-corrected chi connectivity index (χ1v) is 8.45. The summed E-state index contributed by atoms with van der Waals surface area (Å²) in [4.78, 5) is 2.29. The lowest BCUT2D eigenvalue weighted by atomic mass is 9.74. The summed E-state index contributed by atoms with van der Waals surface area (Å²) in [5, 5.41) is 11.1. The van der Waals surface area contributed by atoms with Crippen LogP contribution in [0.1, 0.15) is 38.7 Å². The molecule has 21 heavy (non-hydrogen) atoms. The van der Waals surface area contributed by atoms with Gasteiger partial charge in [0.15, 0.2) is 0 Å². The van der Waals surface area contributed by atoms with Gasteiger partial charge in [-0.2, -0.15) is 0 Å². The molecule has 1 aliphatic rings. The molecule has 118 valence electrons. The van der Waals surface area contributed by atoms with Gasteiger partial charge in [-0.1, -0.05) is 43.6 Å². The van der Waals surface area contributed by atoms with Crippen LogP contribution in [0, 0.1) is 17.8 Å². The Kier molecular flexibility index (Phi) is 6.09. The van der Waals surface area contributed by atoms with E-state index >= 15 is 0 Å². The van der Waals surface area contributed by atoms with Crippen molar-refractivity contribution in [3.8, 4) is 0 Å². The van der Waals surface area contributed by atoms with Crippen LogP contribution in [0.4, 0.5) is 0 Å². The van der Waals surface area contributed by atoms with Crippen LogP contribution in [0.15, 0.2) is 24.3 Å². The highest BCUT2D eigenvalue weighted by Gasteiger charge is 2.31. The number of aliphatic hydroxyl groups is 1. The average molecular weight is 310 g/mol. The maximum absolute atomic E-state index is 10.3. The molecule has 1 saturated carbocycles. The van der Waals surface area contributed by atoms with Gasteiger partial charge in [-0.25, -0.2) is 0 Å². The summed E-state index contributed by atoms with van der Waals surface area (Å²) < 4.78 is 0. The van der Waals surface area contributed by atoms with E-state index in [0.717, 1.165) is 42.4 Å². The number of hydrogen-bond donors (Lipinski definition) is 1. The van der Waals surface area contributed by atoms with E-state index in [1.165, 1.54) is 6.42 Å². The smallest absolute Gasteiger partial charge is 0.0580 e. The first kappa shape index (κ1) is 16.8. The molecular weight excluding hydrogens is 282 g/mol. The number of hydrogen-bond acceptors (Lipinski definition) is 2. The molecule has 0 radical (unpaired) electrons. The summed E-state index contributed by atoms with van der Waals surface area (Å²) >= 11 is 6.23. The molecule has 1 N–H and O–H groups in total. The molecular formula is C18H28ClNO. The van der Waals surface area contributed by atoms with Crippen molar-refractivity contribution >= 4 is 11.6 Å². The molecule has 0 amide bonds. The molecule has 1 aromatic rings. The quantitative estimate of drug-likeness (QED) is 0.881. The highest BCUT2D eigenvalue weighted by molar-refractivity contribution is 6.31. The minimum Gasteiger partial charge on any atom is -0.393 e. The topological polar surface area (TPSA) is 23.5 Å². The fraction of sp³-hybridized carbons (Fsp3) is 0.667. The Morgan fingerprint density at radius 2 is 2.00 bits per heavy atom. The standard InChI is InChI=1S/C18H28ClNO/c1-13(2)14-8-9-18(21)16(10-14)12-20(3)11-15-6-4-5-7-17(15)19/h4-7,13-14,16,18,21H,8-12H2,1-3H3. The van der Waals surface area contributed by atoms with Crippen LogP contribution in [0.5, 0.6) is 0 Å². The van der Waals surface area contributed by atoms with E-state index < -0.39 is 0 Å². The summed E-state index contributed by atoms with van der Waals surface area (Å²) in [6.07, 6.45) is 3.12. The van der Waals surface area contributed by atoms with Gasteiger partial charge in [-0.05, 0) is 55.7 Å². The Morgan fingerprint density at radius 3 is 2.67 bits per heavy atom. The molecule has 1 aromatic carbocycles. The third-order valence-corrected chi connectivity index (χ3v) is 5.24. The van der Waals surface area contributed by atoms with E-state index in [1.807, 2.05) is 18.2 Å². The molecule has 0 aromatic heterocycles. The van der Waals surface area contributed by atoms with Crippen LogP contribution in [0.25, 0.3) is 0 Å². The Labute approximate surface area is 134 Å². The van der Waals surface area contributed by atoms with E-state index in [0.29, 0.717) is 11.8 Å². The Hall–Kier alpha value is -0.570. The second-order valence-corrected chi connectivity index (χ2v) is 7.34. The van der Waals surface area contributed by atoms with Crippen molar-refractivity contribution in [3.63, 3.8) is 0 Å². The molecule has 0 bridgehead atoms. The summed E-state index contributed by atoms with van der Waals surface area (Å²) in [7, 11) is 2.12. The molecule has 3 heteroatoms. The highest BCUT2D eigenvalue weighted by atomic mass is 35.5. The minimum absolute atomic E-state index is 0.145. The maximum Gasteiger partial charge on any atom is 0.0580 e. The van der Waals surface area contributed by atoms with Crippen molar-refractivity contribution in [3.05, 3.63) is 34.9 Å². The van der Waals surface area contributed by atoms with Crippen LogP contribution in [0.3, 0.4) is 0 Å². The molecule has 1 fully saturated rings. The van der Waals surface area contributed by atoms with Crippen molar-refractivity contribution in [1.29, 1.82) is 0 Å². The van der Waals surface area contributed by atoms with Crippen LogP contribution in [0.2, 0.25) is 5.02 Å². The summed E-state index contributed by atoms with van der Waals surface area (Å²) in [5.41, 5.74) is 1.16. The van der Waals surface area contributed by atoms with Crippen LogP contribution in [-0.4, -0.2) is 29.7 Å². The third-order valence-electron chi connectivity index (χ3n) is 4.87. The van der Waals surface area contributed by atoms with Crippen LogP contribution in [-0.2, 0) is 6.54 Å². The highest BCUT2D eigenvalue weighted by Crippen LogP contribution is 2.34. The molecule has 0 heterocycles. The first-order valence-electron chi connectivity index (χ1n) is 8.07. The predicted molar refractivity (Wildman–Crippen MR) is 89.5 cm³/mol. The second-order valence-electron chi connectivity index (χ2n) is 6.93. The SMILES string of the molecule is CC(C)C1CCC(O)C(CN(C)Cc2ccccc2Cl)C1. The number of halogens is 1. The number of aliphatic hydroxyl groups excluding tert-OH is 1. The zero-order valence-electron chi connectivity index (χ0n) is 13.4. The first-order chi connectivity index (χ1) is 9.97. The van der Waals surface area contributed by atoms with Gasteiger partial charge in [0.25, 0.3) is 0 Å². The summed E-state index contributed by atoms with van der Waals surface area (Å²) in [6.45, 7) is 6.38. The minimum atomic E-state index is -0.145. The average Bonchev–Trinajstić information content (AvgIpc) is 2.43. The van der Waals surface area contributed by atoms with Crippen molar-refractivity contribution < 1.29 is 5.11 Å². The second kappa shape index (κ2) is 7.62. The van der Waals surface area contributed by atoms with E-state index in [9.17, 15) is 5.11 Å². The largest absolute Gasteiger partial charge is 0.393 e. The Balaban J connectivity index is 1.92. The van der Waals surface area contributed by atoms with Gasteiger partial charge >= 0.3 is 0 Å². The molecule has 0 saturated heterocycles. The van der Waals surface area contributed by atoms with Gasteiger partial charge in [0.05, 0.1) is 6.10 Å². The van der Waals surface area contributed by atoms with E-state index in [4.69, 9.17) is 11.6 Å². The number of rotatable bonds is 5. The monoisotopic (exact) mass is 309 g/mol. The number of benzene rings is 1. The van der Waals surface area contributed by atoms with Crippen molar-refractivity contribution in [2.45, 2.75) is 45.8 Å². The summed E-state index contributed by atoms with van der Waals surface area (Å²) in [5.74, 6) is 1.86. The lowest BCUT2D eigenvalue weighted by Gasteiger charge is -2.37. The third kappa shape index (κ3) is 4.70. The summed E-state index contributed by atoms with van der Waals surface area (Å²) in [6, 6.07) is 8.01. The molecule has 3 unspecified atom stereocenters. The maximum atomic E-state index is 10.3. The zero-order chi connectivity index (χ0) is 15.4. The fourth-order valence-corrected chi connectivity index (χ4v) is 3.66. The molecule has 3 atom stereocenters.